The van der Waals surface area contributed by atoms with Gasteiger partial charge in [0.2, 0.25) is 5.91 Å². The molecule has 1 aromatic carbocycles. The van der Waals surface area contributed by atoms with Crippen LogP contribution in [-0.4, -0.2) is 23.7 Å². The lowest BCUT2D eigenvalue weighted by molar-refractivity contribution is -0.117. The van der Waals surface area contributed by atoms with Gasteiger partial charge in [-0.2, -0.15) is 0 Å². The fourth-order valence-electron chi connectivity index (χ4n) is 2.46. The molecule has 2 atom stereocenters. The van der Waals surface area contributed by atoms with Gasteiger partial charge < -0.3 is 16.2 Å². The predicted molar refractivity (Wildman–Crippen MR) is 76.2 cm³/mol. The molecule has 0 aromatic heterocycles. The molecule has 0 heterocycles. The summed E-state index contributed by atoms with van der Waals surface area (Å²) >= 11 is 0. The van der Waals surface area contributed by atoms with E-state index in [2.05, 4.69) is 5.32 Å². The standard InChI is InChI=1S/C15H20N2O2/c16-13-7-4-11(5-8-13)6-9-15(19)17-14-3-1-2-12(14)10-18/h4-9,12,14,18H,1-3,10,16H2,(H,17,19)/b9-6+. The average molecular weight is 260 g/mol. The molecule has 1 fully saturated rings. The number of nitrogen functional groups attached to an aromatic ring is 1. The smallest absolute Gasteiger partial charge is 0.244 e. The number of amides is 1. The summed E-state index contributed by atoms with van der Waals surface area (Å²) in [4.78, 5) is 11.8. The molecular formula is C15H20N2O2. The fourth-order valence-corrected chi connectivity index (χ4v) is 2.46. The fraction of sp³-hybridized carbons (Fsp3) is 0.400. The topological polar surface area (TPSA) is 75.4 Å². The van der Waals surface area contributed by atoms with E-state index in [9.17, 15) is 9.90 Å². The van der Waals surface area contributed by atoms with E-state index in [0.29, 0.717) is 5.69 Å². The Morgan fingerprint density at radius 2 is 2.11 bits per heavy atom. The van der Waals surface area contributed by atoms with Gasteiger partial charge in [0.1, 0.15) is 0 Å². The minimum Gasteiger partial charge on any atom is -0.399 e. The summed E-state index contributed by atoms with van der Waals surface area (Å²) in [6.45, 7) is 0.145. The van der Waals surface area contributed by atoms with Crippen LogP contribution in [0.1, 0.15) is 24.8 Å². The number of anilines is 1. The Morgan fingerprint density at radius 1 is 1.37 bits per heavy atom. The van der Waals surface area contributed by atoms with E-state index in [1.54, 1.807) is 18.2 Å². The summed E-state index contributed by atoms with van der Waals surface area (Å²) in [5.74, 6) is 0.0936. The molecule has 0 radical (unpaired) electrons. The van der Waals surface area contributed by atoms with Gasteiger partial charge in [0.15, 0.2) is 0 Å². The molecule has 0 saturated heterocycles. The van der Waals surface area contributed by atoms with Gasteiger partial charge in [0, 0.05) is 30.3 Å². The Morgan fingerprint density at radius 3 is 2.79 bits per heavy atom. The maximum atomic E-state index is 11.8. The SMILES string of the molecule is Nc1ccc(/C=C/C(=O)NC2CCCC2CO)cc1. The molecule has 1 aliphatic rings. The largest absolute Gasteiger partial charge is 0.399 e. The number of carbonyl (C=O) groups is 1. The van der Waals surface area contributed by atoms with Gasteiger partial charge in [-0.05, 0) is 36.6 Å². The third-order valence-corrected chi connectivity index (χ3v) is 3.58. The molecule has 0 spiro atoms. The van der Waals surface area contributed by atoms with Crippen LogP contribution in [0.4, 0.5) is 5.69 Å². The maximum Gasteiger partial charge on any atom is 0.244 e. The number of benzene rings is 1. The third-order valence-electron chi connectivity index (χ3n) is 3.58. The van der Waals surface area contributed by atoms with Gasteiger partial charge >= 0.3 is 0 Å². The number of nitrogens with two attached hydrogens (primary N) is 1. The number of carbonyl (C=O) groups excluding carboxylic acids is 1. The van der Waals surface area contributed by atoms with Gasteiger partial charge in [0.05, 0.1) is 0 Å². The van der Waals surface area contributed by atoms with Crippen LogP contribution in [0.2, 0.25) is 0 Å². The van der Waals surface area contributed by atoms with Crippen molar-refractivity contribution in [2.45, 2.75) is 25.3 Å². The summed E-state index contributed by atoms with van der Waals surface area (Å²) in [7, 11) is 0. The van der Waals surface area contributed by atoms with Crippen LogP contribution in [0.3, 0.4) is 0 Å². The first kappa shape index (κ1) is 13.6. The Hall–Kier alpha value is -1.81. The maximum absolute atomic E-state index is 11.8. The summed E-state index contributed by atoms with van der Waals surface area (Å²) < 4.78 is 0. The van der Waals surface area contributed by atoms with Crippen molar-refractivity contribution in [2.24, 2.45) is 5.92 Å². The molecule has 4 N–H and O–H groups in total. The Labute approximate surface area is 113 Å². The van der Waals surface area contributed by atoms with E-state index in [4.69, 9.17) is 5.73 Å². The Bertz CT molecular complexity index is 454. The molecule has 2 rings (SSSR count). The second-order valence-electron chi connectivity index (χ2n) is 4.99. The van der Waals surface area contributed by atoms with Crippen molar-refractivity contribution in [3.05, 3.63) is 35.9 Å². The molecule has 1 aromatic rings. The Balaban J connectivity index is 1.88. The first-order chi connectivity index (χ1) is 9.19. The number of hydrogen-bond donors (Lipinski definition) is 3. The van der Waals surface area contributed by atoms with Crippen LogP contribution in [0.25, 0.3) is 6.08 Å². The zero-order valence-corrected chi connectivity index (χ0v) is 10.9. The van der Waals surface area contributed by atoms with E-state index >= 15 is 0 Å². The van der Waals surface area contributed by atoms with Crippen LogP contribution in [-0.2, 0) is 4.79 Å². The lowest BCUT2D eigenvalue weighted by Crippen LogP contribution is -2.37. The quantitative estimate of drug-likeness (QED) is 0.568. The highest BCUT2D eigenvalue weighted by atomic mass is 16.3. The van der Waals surface area contributed by atoms with Crippen molar-refractivity contribution >= 4 is 17.7 Å². The van der Waals surface area contributed by atoms with Crippen molar-refractivity contribution in [3.8, 4) is 0 Å². The number of aliphatic hydroxyl groups is 1. The van der Waals surface area contributed by atoms with E-state index in [1.165, 1.54) is 6.08 Å². The normalized spacial score (nSPS) is 22.8. The van der Waals surface area contributed by atoms with Crippen LogP contribution < -0.4 is 11.1 Å². The van der Waals surface area contributed by atoms with Crippen molar-refractivity contribution in [3.63, 3.8) is 0 Å². The molecule has 1 saturated carbocycles. The highest BCUT2D eigenvalue weighted by molar-refractivity contribution is 5.92. The molecular weight excluding hydrogens is 240 g/mol. The summed E-state index contributed by atoms with van der Waals surface area (Å²) in [6.07, 6.45) is 6.30. The van der Waals surface area contributed by atoms with Crippen molar-refractivity contribution < 1.29 is 9.90 Å². The van der Waals surface area contributed by atoms with Gasteiger partial charge in [-0.1, -0.05) is 18.6 Å². The lowest BCUT2D eigenvalue weighted by atomic mass is 10.1. The minimum absolute atomic E-state index is 0.105. The molecule has 0 aliphatic heterocycles. The van der Waals surface area contributed by atoms with E-state index in [1.807, 2.05) is 12.1 Å². The van der Waals surface area contributed by atoms with Gasteiger partial charge in [-0.15, -0.1) is 0 Å². The number of nitrogens with one attached hydrogen (secondary N) is 1. The van der Waals surface area contributed by atoms with Gasteiger partial charge in [0.25, 0.3) is 0 Å². The summed E-state index contributed by atoms with van der Waals surface area (Å²) in [6, 6.07) is 7.44. The van der Waals surface area contributed by atoms with Gasteiger partial charge in [-0.25, -0.2) is 0 Å². The lowest BCUT2D eigenvalue weighted by Gasteiger charge is -2.17. The summed E-state index contributed by atoms with van der Waals surface area (Å²) in [5.41, 5.74) is 7.24. The first-order valence-electron chi connectivity index (χ1n) is 6.64. The van der Waals surface area contributed by atoms with Gasteiger partial charge in [-0.3, -0.25) is 4.79 Å². The zero-order valence-electron chi connectivity index (χ0n) is 10.9. The second-order valence-corrected chi connectivity index (χ2v) is 4.99. The number of hydrogen-bond acceptors (Lipinski definition) is 3. The van der Waals surface area contributed by atoms with E-state index in [-0.39, 0.29) is 24.5 Å². The molecule has 4 nitrogen and oxygen atoms in total. The monoisotopic (exact) mass is 260 g/mol. The van der Waals surface area contributed by atoms with Crippen LogP contribution in [0.5, 0.6) is 0 Å². The van der Waals surface area contributed by atoms with E-state index in [0.717, 1.165) is 24.8 Å². The second kappa shape index (κ2) is 6.38. The number of rotatable bonds is 4. The van der Waals surface area contributed by atoms with Crippen molar-refractivity contribution in [1.29, 1.82) is 0 Å². The van der Waals surface area contributed by atoms with Crippen LogP contribution in [0.15, 0.2) is 30.3 Å². The highest BCUT2D eigenvalue weighted by Crippen LogP contribution is 2.24. The minimum atomic E-state index is -0.109. The number of aliphatic hydroxyl groups excluding tert-OH is 1. The zero-order chi connectivity index (χ0) is 13.7. The Kier molecular flexibility index (Phi) is 4.58. The summed E-state index contributed by atoms with van der Waals surface area (Å²) in [5, 5.41) is 12.2. The first-order valence-corrected chi connectivity index (χ1v) is 6.64. The molecule has 4 heteroatoms. The molecule has 19 heavy (non-hydrogen) atoms. The average Bonchev–Trinajstić information content (AvgIpc) is 2.85. The van der Waals surface area contributed by atoms with Crippen LogP contribution in [0, 0.1) is 5.92 Å². The van der Waals surface area contributed by atoms with E-state index < -0.39 is 0 Å². The molecule has 102 valence electrons. The van der Waals surface area contributed by atoms with Crippen molar-refractivity contribution in [2.75, 3.05) is 12.3 Å². The highest BCUT2D eigenvalue weighted by Gasteiger charge is 2.27. The molecule has 2 unspecified atom stereocenters. The third kappa shape index (κ3) is 3.83. The van der Waals surface area contributed by atoms with Crippen LogP contribution >= 0.6 is 0 Å². The molecule has 1 aliphatic carbocycles. The molecule has 0 bridgehead atoms. The predicted octanol–water partition coefficient (Wildman–Crippen LogP) is 1.56. The molecule has 1 amide bonds. The van der Waals surface area contributed by atoms with Crippen molar-refractivity contribution in [1.82, 2.24) is 5.32 Å².